The molecule has 0 saturated heterocycles. The Morgan fingerprint density at radius 3 is 2.75 bits per heavy atom. The maximum absolute atomic E-state index is 14.1. The first-order valence-corrected chi connectivity index (χ1v) is 8.34. The molecule has 0 amide bonds. The molecule has 0 fully saturated rings. The van der Waals surface area contributed by atoms with Crippen LogP contribution < -0.4 is 11.2 Å². The van der Waals surface area contributed by atoms with E-state index in [4.69, 9.17) is 5.11 Å². The zero-order chi connectivity index (χ0) is 17.6. The van der Waals surface area contributed by atoms with Crippen molar-refractivity contribution >= 4 is 38.1 Å². The molecule has 1 aromatic carbocycles. The van der Waals surface area contributed by atoms with Crippen molar-refractivity contribution in [2.75, 3.05) is 0 Å². The average Bonchev–Trinajstić information content (AvgIpc) is 2.99. The molecule has 0 atom stereocenters. The van der Waals surface area contributed by atoms with Crippen LogP contribution >= 0.6 is 27.3 Å². The monoisotopic (exact) mass is 412 g/mol. The maximum atomic E-state index is 14.1. The zero-order valence-corrected chi connectivity index (χ0v) is 14.6. The molecule has 2 heterocycles. The Hall–Kier alpha value is -2.26. The lowest BCUT2D eigenvalue weighted by atomic mass is 10.2. The van der Waals surface area contributed by atoms with Gasteiger partial charge in [-0.3, -0.25) is 13.8 Å². The van der Waals surface area contributed by atoms with Gasteiger partial charge in [-0.25, -0.2) is 14.0 Å². The molecule has 0 aliphatic rings. The highest BCUT2D eigenvalue weighted by Crippen LogP contribution is 2.20. The summed E-state index contributed by atoms with van der Waals surface area (Å²) in [4.78, 5) is 36.3. The topological polar surface area (TPSA) is 80.8 Å². The van der Waals surface area contributed by atoms with Crippen molar-refractivity contribution < 1.29 is 14.3 Å². The standard InChI is InChI=1S/C15H10BrFN2O4S/c1-7-12(20)18(5-8-3-2-4-9(16)11(8)17)15(23)19-6-10(14(21)22)24-13(7)19/h2-4,6H,5H2,1H3,(H,21,22). The molecule has 0 saturated carbocycles. The summed E-state index contributed by atoms with van der Waals surface area (Å²) in [6.07, 6.45) is 1.17. The Morgan fingerprint density at radius 1 is 1.38 bits per heavy atom. The molecule has 6 nitrogen and oxygen atoms in total. The number of nitrogens with zero attached hydrogens (tertiary/aromatic N) is 2. The summed E-state index contributed by atoms with van der Waals surface area (Å²) >= 11 is 3.91. The summed E-state index contributed by atoms with van der Waals surface area (Å²) < 4.78 is 16.4. The Labute approximate surface area is 146 Å². The van der Waals surface area contributed by atoms with E-state index in [1.807, 2.05) is 0 Å². The first-order chi connectivity index (χ1) is 11.3. The summed E-state index contributed by atoms with van der Waals surface area (Å²) in [5, 5.41) is 9.06. The molecule has 9 heteroatoms. The van der Waals surface area contributed by atoms with Gasteiger partial charge < -0.3 is 5.11 Å². The van der Waals surface area contributed by atoms with Gasteiger partial charge in [0, 0.05) is 17.3 Å². The van der Waals surface area contributed by atoms with E-state index in [0.29, 0.717) is 0 Å². The lowest BCUT2D eigenvalue weighted by Crippen LogP contribution is -2.38. The van der Waals surface area contributed by atoms with Gasteiger partial charge in [0.15, 0.2) is 0 Å². The second kappa shape index (κ2) is 5.99. The van der Waals surface area contributed by atoms with Crippen LogP contribution in [0.5, 0.6) is 0 Å². The van der Waals surface area contributed by atoms with E-state index >= 15 is 0 Å². The maximum Gasteiger partial charge on any atom is 0.347 e. The number of aryl methyl sites for hydroxylation is 1. The van der Waals surface area contributed by atoms with Crippen LogP contribution in [0.4, 0.5) is 4.39 Å². The Kier molecular flexibility index (Phi) is 4.14. The second-order valence-corrected chi connectivity index (χ2v) is 6.97. The zero-order valence-electron chi connectivity index (χ0n) is 12.2. The van der Waals surface area contributed by atoms with E-state index in [0.717, 1.165) is 20.3 Å². The number of thiazole rings is 1. The van der Waals surface area contributed by atoms with Crippen molar-refractivity contribution in [2.45, 2.75) is 13.5 Å². The molecule has 0 bridgehead atoms. The molecule has 24 heavy (non-hydrogen) atoms. The van der Waals surface area contributed by atoms with Gasteiger partial charge in [-0.05, 0) is 28.9 Å². The summed E-state index contributed by atoms with van der Waals surface area (Å²) in [5.74, 6) is -1.73. The quantitative estimate of drug-likeness (QED) is 0.716. The normalized spacial score (nSPS) is 11.1. The van der Waals surface area contributed by atoms with Crippen LogP contribution in [0.3, 0.4) is 0 Å². The number of carboxylic acid groups (broad SMARTS) is 1. The summed E-state index contributed by atoms with van der Waals surface area (Å²) in [6, 6.07) is 4.59. The number of aromatic carboxylic acids is 1. The van der Waals surface area contributed by atoms with Crippen molar-refractivity contribution in [3.05, 3.63) is 71.5 Å². The highest BCUT2D eigenvalue weighted by Gasteiger charge is 2.18. The van der Waals surface area contributed by atoms with Gasteiger partial charge in [0.05, 0.1) is 11.0 Å². The molecule has 0 unspecified atom stereocenters. The molecule has 3 rings (SSSR count). The lowest BCUT2D eigenvalue weighted by molar-refractivity contribution is 0.0701. The van der Waals surface area contributed by atoms with Crippen LogP contribution in [0.25, 0.3) is 4.83 Å². The van der Waals surface area contributed by atoms with E-state index < -0.39 is 23.0 Å². The fourth-order valence-corrected chi connectivity index (χ4v) is 3.68. The largest absolute Gasteiger partial charge is 0.477 e. The fourth-order valence-electron chi connectivity index (χ4n) is 2.34. The number of carboxylic acids is 1. The van der Waals surface area contributed by atoms with Gasteiger partial charge in [0.1, 0.15) is 15.5 Å². The molecule has 0 aliphatic carbocycles. The Morgan fingerprint density at radius 2 is 2.08 bits per heavy atom. The first kappa shape index (κ1) is 16.6. The number of aromatic nitrogens is 2. The van der Waals surface area contributed by atoms with E-state index in [2.05, 4.69) is 15.9 Å². The van der Waals surface area contributed by atoms with Crippen LogP contribution in [0.2, 0.25) is 0 Å². The molecule has 1 N–H and O–H groups in total. The Balaban J connectivity index is 2.25. The highest BCUT2D eigenvalue weighted by molar-refractivity contribution is 9.10. The molecular weight excluding hydrogens is 403 g/mol. The summed E-state index contributed by atoms with van der Waals surface area (Å²) in [6.45, 7) is 1.26. The van der Waals surface area contributed by atoms with Crippen molar-refractivity contribution in [1.29, 1.82) is 0 Å². The van der Waals surface area contributed by atoms with Crippen LogP contribution in [-0.4, -0.2) is 20.0 Å². The number of carbonyl (C=O) groups is 1. The number of fused-ring (bicyclic) bond motifs is 1. The van der Waals surface area contributed by atoms with E-state index in [9.17, 15) is 18.8 Å². The van der Waals surface area contributed by atoms with Gasteiger partial charge in [-0.2, -0.15) is 0 Å². The van der Waals surface area contributed by atoms with Crippen LogP contribution in [0.1, 0.15) is 20.8 Å². The van der Waals surface area contributed by atoms with E-state index in [1.54, 1.807) is 6.07 Å². The van der Waals surface area contributed by atoms with Crippen molar-refractivity contribution in [2.24, 2.45) is 0 Å². The second-order valence-electron chi connectivity index (χ2n) is 5.09. The van der Waals surface area contributed by atoms with Gasteiger partial charge in [0.2, 0.25) is 0 Å². The third-order valence-corrected chi connectivity index (χ3v) is 5.37. The smallest absolute Gasteiger partial charge is 0.347 e. The number of hydrogen-bond donors (Lipinski definition) is 1. The number of benzene rings is 1. The van der Waals surface area contributed by atoms with Gasteiger partial charge in [0.25, 0.3) is 5.56 Å². The molecule has 0 radical (unpaired) electrons. The van der Waals surface area contributed by atoms with Crippen LogP contribution in [0, 0.1) is 12.7 Å². The molecule has 0 spiro atoms. The third kappa shape index (κ3) is 2.59. The molecule has 124 valence electrons. The third-order valence-electron chi connectivity index (χ3n) is 3.57. The fraction of sp³-hybridized carbons (Fsp3) is 0.133. The van der Waals surface area contributed by atoms with Crippen molar-refractivity contribution in [1.82, 2.24) is 8.97 Å². The number of hydrogen-bond acceptors (Lipinski definition) is 4. The molecule has 3 aromatic rings. The first-order valence-electron chi connectivity index (χ1n) is 6.73. The lowest BCUT2D eigenvalue weighted by Gasteiger charge is -2.09. The van der Waals surface area contributed by atoms with Crippen molar-refractivity contribution in [3.63, 3.8) is 0 Å². The van der Waals surface area contributed by atoms with E-state index in [-0.39, 0.29) is 31.9 Å². The highest BCUT2D eigenvalue weighted by atomic mass is 79.9. The predicted molar refractivity (Wildman–Crippen MR) is 90.7 cm³/mol. The van der Waals surface area contributed by atoms with Gasteiger partial charge in [-0.1, -0.05) is 12.1 Å². The summed E-state index contributed by atoms with van der Waals surface area (Å²) in [5.41, 5.74) is -0.860. The number of halogens is 2. The van der Waals surface area contributed by atoms with Crippen molar-refractivity contribution in [3.8, 4) is 0 Å². The minimum atomic E-state index is -1.18. The SMILES string of the molecule is Cc1c(=O)n(Cc2cccc(Br)c2F)c(=O)n2cc(C(=O)O)sc12. The van der Waals surface area contributed by atoms with E-state index in [1.165, 1.54) is 25.3 Å². The average molecular weight is 413 g/mol. The van der Waals surface area contributed by atoms with Crippen LogP contribution in [0.15, 0.2) is 38.5 Å². The predicted octanol–water partition coefficient (Wildman–Crippen LogP) is 2.48. The summed E-state index contributed by atoms with van der Waals surface area (Å²) in [7, 11) is 0. The van der Waals surface area contributed by atoms with Gasteiger partial charge in [-0.15, -0.1) is 11.3 Å². The molecule has 2 aromatic heterocycles. The van der Waals surface area contributed by atoms with Crippen LogP contribution in [-0.2, 0) is 6.54 Å². The number of rotatable bonds is 3. The minimum Gasteiger partial charge on any atom is -0.477 e. The molecule has 0 aliphatic heterocycles. The van der Waals surface area contributed by atoms with Gasteiger partial charge >= 0.3 is 11.7 Å². The molecular formula is C15H10BrFN2O4S. The minimum absolute atomic E-state index is 0.0546. The Bertz CT molecular complexity index is 1100.